The van der Waals surface area contributed by atoms with E-state index in [2.05, 4.69) is 32.2 Å². The van der Waals surface area contributed by atoms with Crippen molar-refractivity contribution in [2.45, 2.75) is 31.8 Å². The van der Waals surface area contributed by atoms with E-state index >= 15 is 0 Å². The summed E-state index contributed by atoms with van der Waals surface area (Å²) in [5, 5.41) is 3.51. The van der Waals surface area contributed by atoms with Crippen molar-refractivity contribution in [1.29, 1.82) is 0 Å². The van der Waals surface area contributed by atoms with Crippen molar-refractivity contribution in [1.82, 2.24) is 15.1 Å². The third kappa shape index (κ3) is 5.40. The number of nitrogens with zero attached hydrogens (tertiary/aromatic N) is 4. The Bertz CT molecular complexity index is 723. The fourth-order valence-electron chi connectivity index (χ4n) is 4.44. The van der Waals surface area contributed by atoms with Gasteiger partial charge in [-0.25, -0.2) is 0 Å². The Kier molecular flexibility index (Phi) is 8.14. The van der Waals surface area contributed by atoms with Gasteiger partial charge in [0, 0.05) is 64.5 Å². The maximum Gasteiger partial charge on any atom is 0.227 e. The van der Waals surface area contributed by atoms with Crippen LogP contribution in [-0.4, -0.2) is 80.7 Å². The lowest BCUT2D eigenvalue weighted by Crippen LogP contribution is -2.46. The normalized spacial score (nSPS) is 23.4. The van der Waals surface area contributed by atoms with Crippen molar-refractivity contribution in [3.63, 3.8) is 0 Å². The van der Waals surface area contributed by atoms with Crippen LogP contribution in [0.1, 0.15) is 24.8 Å². The summed E-state index contributed by atoms with van der Waals surface area (Å²) in [5.74, 6) is 1.19. The van der Waals surface area contributed by atoms with Gasteiger partial charge in [-0.05, 0) is 30.5 Å². The number of guanidine groups is 1. The molecule has 1 aromatic rings. The highest BCUT2D eigenvalue weighted by Gasteiger charge is 2.30. The summed E-state index contributed by atoms with van der Waals surface area (Å²) in [6.45, 7) is 7.35. The quantitative estimate of drug-likeness (QED) is 0.379. The van der Waals surface area contributed by atoms with E-state index in [0.29, 0.717) is 19.0 Å². The Morgan fingerprint density at radius 1 is 1.24 bits per heavy atom. The monoisotopic (exact) mass is 513 g/mol. The van der Waals surface area contributed by atoms with E-state index in [1.54, 1.807) is 0 Å². The molecule has 1 atom stereocenters. The summed E-state index contributed by atoms with van der Waals surface area (Å²) in [6, 6.07) is 8.86. The number of likely N-dealkylation sites (tertiary alicyclic amines) is 1. The smallest absolute Gasteiger partial charge is 0.227 e. The molecule has 1 N–H and O–H groups in total. The number of hydrogen-bond donors (Lipinski definition) is 1. The number of carbonyl (C=O) groups is 1. The molecule has 1 amide bonds. The van der Waals surface area contributed by atoms with E-state index < -0.39 is 0 Å². The number of benzene rings is 1. The number of amides is 1. The molecule has 29 heavy (non-hydrogen) atoms. The Balaban J connectivity index is 0.00000240. The number of nitrogens with one attached hydrogen (secondary N) is 1. The van der Waals surface area contributed by atoms with Crippen molar-refractivity contribution in [2.75, 3.05) is 57.9 Å². The molecule has 3 aliphatic rings. The molecule has 0 spiro atoms. The van der Waals surface area contributed by atoms with Gasteiger partial charge in [-0.3, -0.25) is 14.7 Å². The van der Waals surface area contributed by atoms with Crippen LogP contribution in [0.15, 0.2) is 29.3 Å². The van der Waals surface area contributed by atoms with Crippen LogP contribution in [0.5, 0.6) is 0 Å². The van der Waals surface area contributed by atoms with E-state index in [1.165, 1.54) is 12.0 Å². The van der Waals surface area contributed by atoms with Gasteiger partial charge in [0.2, 0.25) is 5.91 Å². The minimum absolute atomic E-state index is 0. The Morgan fingerprint density at radius 3 is 2.79 bits per heavy atom. The van der Waals surface area contributed by atoms with Gasteiger partial charge in [0.15, 0.2) is 5.96 Å². The van der Waals surface area contributed by atoms with Crippen LogP contribution >= 0.6 is 24.0 Å². The molecule has 1 unspecified atom stereocenters. The Morgan fingerprint density at radius 2 is 2.07 bits per heavy atom. The highest BCUT2D eigenvalue weighted by molar-refractivity contribution is 14.0. The number of rotatable bonds is 4. The van der Waals surface area contributed by atoms with E-state index in [4.69, 9.17) is 4.74 Å². The molecule has 0 bridgehead atoms. The highest BCUT2D eigenvalue weighted by Crippen LogP contribution is 2.22. The average Bonchev–Trinajstić information content (AvgIpc) is 3.39. The molecule has 3 heterocycles. The third-order valence-electron chi connectivity index (χ3n) is 5.98. The zero-order valence-electron chi connectivity index (χ0n) is 17.2. The molecule has 7 nitrogen and oxygen atoms in total. The number of aliphatic imine (C=N–C) groups is 1. The first kappa shape index (κ1) is 22.3. The van der Waals surface area contributed by atoms with Crippen LogP contribution in [0, 0.1) is 0 Å². The summed E-state index contributed by atoms with van der Waals surface area (Å²) >= 11 is 0. The lowest BCUT2D eigenvalue weighted by Gasteiger charge is -2.32. The zero-order valence-corrected chi connectivity index (χ0v) is 19.5. The zero-order chi connectivity index (χ0) is 19.3. The molecule has 0 radical (unpaired) electrons. The van der Waals surface area contributed by atoms with Gasteiger partial charge in [-0.15, -0.1) is 24.0 Å². The number of ether oxygens (including phenoxy) is 1. The minimum Gasteiger partial charge on any atom is -0.379 e. The number of carbonyl (C=O) groups excluding carboxylic acids is 1. The predicted molar refractivity (Wildman–Crippen MR) is 126 cm³/mol. The number of morpholine rings is 1. The van der Waals surface area contributed by atoms with Gasteiger partial charge >= 0.3 is 0 Å². The number of hydrogen-bond acceptors (Lipinski definition) is 4. The molecule has 4 rings (SSSR count). The van der Waals surface area contributed by atoms with Crippen molar-refractivity contribution < 1.29 is 9.53 Å². The van der Waals surface area contributed by atoms with Gasteiger partial charge in [-0.1, -0.05) is 12.1 Å². The minimum atomic E-state index is 0. The van der Waals surface area contributed by atoms with Gasteiger partial charge in [-0.2, -0.15) is 0 Å². The molecule has 0 aromatic heterocycles. The van der Waals surface area contributed by atoms with E-state index in [1.807, 2.05) is 24.1 Å². The first-order valence-corrected chi connectivity index (χ1v) is 10.4. The second-order valence-electron chi connectivity index (χ2n) is 7.76. The summed E-state index contributed by atoms with van der Waals surface area (Å²) < 4.78 is 5.48. The van der Waals surface area contributed by atoms with Crippen molar-refractivity contribution >= 4 is 41.5 Å². The fourth-order valence-corrected chi connectivity index (χ4v) is 4.44. The Hall–Kier alpha value is -1.39. The highest BCUT2D eigenvalue weighted by atomic mass is 127. The molecule has 8 heteroatoms. The lowest BCUT2D eigenvalue weighted by molar-refractivity contribution is -0.117. The summed E-state index contributed by atoms with van der Waals surface area (Å²) in [4.78, 5) is 23.3. The van der Waals surface area contributed by atoms with Gasteiger partial charge in [0.05, 0.1) is 13.2 Å². The topological polar surface area (TPSA) is 60.4 Å². The van der Waals surface area contributed by atoms with Crippen LogP contribution in [0.25, 0.3) is 0 Å². The number of halogens is 1. The van der Waals surface area contributed by atoms with E-state index in [0.717, 1.165) is 64.0 Å². The molecular formula is C21H32IN5O2. The molecule has 0 aliphatic carbocycles. The molecular weight excluding hydrogens is 481 g/mol. The van der Waals surface area contributed by atoms with Crippen molar-refractivity contribution in [2.24, 2.45) is 4.99 Å². The standard InChI is InChI=1S/C21H31N5O2.HI/c1-22-21(25-9-7-19(16-25)24-10-12-28-13-11-24)23-15-17-4-2-5-18(14-17)26-8-3-6-20(26)27;/h2,4-5,14,19H,3,6-13,15-16H2,1H3,(H,22,23);1H. The van der Waals surface area contributed by atoms with Crippen LogP contribution in [0.2, 0.25) is 0 Å². The average molecular weight is 513 g/mol. The molecule has 3 aliphatic heterocycles. The van der Waals surface area contributed by atoms with Gasteiger partial charge in [0.25, 0.3) is 0 Å². The fraction of sp³-hybridized carbons (Fsp3) is 0.619. The van der Waals surface area contributed by atoms with Gasteiger partial charge in [0.1, 0.15) is 0 Å². The van der Waals surface area contributed by atoms with Crippen LogP contribution in [0.4, 0.5) is 5.69 Å². The maximum atomic E-state index is 12.0. The first-order valence-electron chi connectivity index (χ1n) is 10.4. The van der Waals surface area contributed by atoms with Crippen LogP contribution < -0.4 is 10.2 Å². The van der Waals surface area contributed by atoms with Gasteiger partial charge < -0.3 is 19.9 Å². The van der Waals surface area contributed by atoms with Crippen molar-refractivity contribution in [3.05, 3.63) is 29.8 Å². The molecule has 3 saturated heterocycles. The Labute approximate surface area is 190 Å². The largest absolute Gasteiger partial charge is 0.379 e. The van der Waals surface area contributed by atoms with E-state index in [-0.39, 0.29) is 29.9 Å². The summed E-state index contributed by atoms with van der Waals surface area (Å²) in [6.07, 6.45) is 2.79. The van der Waals surface area contributed by atoms with Crippen LogP contribution in [-0.2, 0) is 16.1 Å². The summed E-state index contributed by atoms with van der Waals surface area (Å²) in [5.41, 5.74) is 2.17. The molecule has 1 aromatic carbocycles. The predicted octanol–water partition coefficient (Wildman–Crippen LogP) is 1.91. The van der Waals surface area contributed by atoms with E-state index in [9.17, 15) is 4.79 Å². The molecule has 0 saturated carbocycles. The second-order valence-corrected chi connectivity index (χ2v) is 7.76. The second kappa shape index (κ2) is 10.6. The number of anilines is 1. The van der Waals surface area contributed by atoms with Crippen molar-refractivity contribution in [3.8, 4) is 0 Å². The SMILES string of the molecule is CN=C(NCc1cccc(N2CCCC2=O)c1)N1CCC(N2CCOCC2)C1.I. The third-order valence-corrected chi connectivity index (χ3v) is 5.98. The first-order chi connectivity index (χ1) is 13.7. The van der Waals surface area contributed by atoms with Crippen LogP contribution in [0.3, 0.4) is 0 Å². The molecule has 3 fully saturated rings. The molecule has 160 valence electrons. The maximum absolute atomic E-state index is 12.0. The summed E-state index contributed by atoms with van der Waals surface area (Å²) in [7, 11) is 1.85. The lowest BCUT2D eigenvalue weighted by atomic mass is 10.2.